The maximum Gasteiger partial charge on any atom is 0.261 e. The van der Waals surface area contributed by atoms with E-state index in [2.05, 4.69) is 44.2 Å². The number of hydrogen-bond donors (Lipinski definition) is 0. The van der Waals surface area contributed by atoms with E-state index in [9.17, 15) is 9.59 Å². The summed E-state index contributed by atoms with van der Waals surface area (Å²) in [6.45, 7) is 6.69. The minimum atomic E-state index is -0.193. The Morgan fingerprint density at radius 3 is 1.81 bits per heavy atom. The average Bonchev–Trinajstić information content (AvgIpc) is 2.73. The SMILES string of the molecule is CCC(C)c1ccccc1.CCN1C(=O)c2cccc3cccc(c23)C1=O. The number of carbonyl (C=O) groups is 2. The molecule has 1 aliphatic heterocycles. The van der Waals surface area contributed by atoms with Crippen molar-refractivity contribution in [1.29, 1.82) is 0 Å². The fraction of sp³-hybridized carbons (Fsp3) is 0.250. The first kappa shape index (κ1) is 18.8. The molecule has 0 N–H and O–H groups in total. The topological polar surface area (TPSA) is 37.4 Å². The molecule has 4 rings (SSSR count). The van der Waals surface area contributed by atoms with Crippen LogP contribution in [0.5, 0.6) is 0 Å². The van der Waals surface area contributed by atoms with Gasteiger partial charge in [-0.1, -0.05) is 68.4 Å². The zero-order chi connectivity index (χ0) is 19.4. The molecule has 3 aromatic rings. The lowest BCUT2D eigenvalue weighted by Crippen LogP contribution is -2.39. The molecule has 1 aliphatic rings. The summed E-state index contributed by atoms with van der Waals surface area (Å²) in [6.07, 6.45) is 1.23. The van der Waals surface area contributed by atoms with Crippen molar-refractivity contribution in [3.8, 4) is 0 Å². The van der Waals surface area contributed by atoms with Crippen LogP contribution in [0.3, 0.4) is 0 Å². The fourth-order valence-corrected chi connectivity index (χ4v) is 3.38. The van der Waals surface area contributed by atoms with Crippen molar-refractivity contribution in [3.63, 3.8) is 0 Å². The molecule has 3 aromatic carbocycles. The Labute approximate surface area is 160 Å². The minimum Gasteiger partial charge on any atom is -0.275 e. The number of benzene rings is 3. The van der Waals surface area contributed by atoms with Gasteiger partial charge in [0.1, 0.15) is 0 Å². The highest BCUT2D eigenvalue weighted by Gasteiger charge is 2.31. The summed E-state index contributed by atoms with van der Waals surface area (Å²) in [5.41, 5.74) is 2.70. The van der Waals surface area contributed by atoms with Gasteiger partial charge >= 0.3 is 0 Å². The van der Waals surface area contributed by atoms with E-state index in [1.54, 1.807) is 12.1 Å². The molecule has 1 atom stereocenters. The first-order valence-electron chi connectivity index (χ1n) is 9.51. The van der Waals surface area contributed by atoms with E-state index in [-0.39, 0.29) is 11.8 Å². The van der Waals surface area contributed by atoms with Crippen LogP contribution in [-0.2, 0) is 0 Å². The van der Waals surface area contributed by atoms with Crippen LogP contribution in [0.1, 0.15) is 59.4 Å². The predicted molar refractivity (Wildman–Crippen MR) is 110 cm³/mol. The Bertz CT molecular complexity index is 912. The first-order chi connectivity index (χ1) is 13.1. The predicted octanol–water partition coefficient (Wildman–Crippen LogP) is 5.66. The van der Waals surface area contributed by atoms with Crippen LogP contribution < -0.4 is 0 Å². The molecular weight excluding hydrogens is 334 g/mol. The van der Waals surface area contributed by atoms with Crippen molar-refractivity contribution in [1.82, 2.24) is 4.90 Å². The third-order valence-electron chi connectivity index (χ3n) is 5.15. The quantitative estimate of drug-likeness (QED) is 0.566. The number of imide groups is 1. The Morgan fingerprint density at radius 1 is 0.778 bits per heavy atom. The van der Waals surface area contributed by atoms with Gasteiger partial charge in [0, 0.05) is 23.1 Å². The zero-order valence-electron chi connectivity index (χ0n) is 16.1. The third kappa shape index (κ3) is 3.63. The highest BCUT2D eigenvalue weighted by atomic mass is 16.2. The van der Waals surface area contributed by atoms with Crippen LogP contribution in [0.2, 0.25) is 0 Å². The highest BCUT2D eigenvalue weighted by Crippen LogP contribution is 2.29. The van der Waals surface area contributed by atoms with Gasteiger partial charge in [0.05, 0.1) is 0 Å². The smallest absolute Gasteiger partial charge is 0.261 e. The van der Waals surface area contributed by atoms with Gasteiger partial charge in [0.15, 0.2) is 0 Å². The van der Waals surface area contributed by atoms with Gasteiger partial charge in [-0.25, -0.2) is 0 Å². The van der Waals surface area contributed by atoms with Crippen molar-refractivity contribution in [2.24, 2.45) is 0 Å². The van der Waals surface area contributed by atoms with Gasteiger partial charge in [-0.05, 0) is 42.3 Å². The molecule has 0 saturated carbocycles. The van der Waals surface area contributed by atoms with E-state index in [0.717, 1.165) is 10.8 Å². The van der Waals surface area contributed by atoms with Gasteiger partial charge in [-0.15, -0.1) is 0 Å². The van der Waals surface area contributed by atoms with E-state index in [4.69, 9.17) is 0 Å². The molecular formula is C24H25NO2. The van der Waals surface area contributed by atoms with E-state index < -0.39 is 0 Å². The molecule has 1 heterocycles. The molecule has 0 aromatic heterocycles. The second-order valence-corrected chi connectivity index (χ2v) is 6.78. The largest absolute Gasteiger partial charge is 0.275 e. The minimum absolute atomic E-state index is 0.193. The summed E-state index contributed by atoms with van der Waals surface area (Å²) in [4.78, 5) is 25.6. The molecule has 0 radical (unpaired) electrons. The molecule has 0 saturated heterocycles. The standard InChI is InChI=1S/C14H11NO2.C10H14/c1-2-15-13(16)10-7-3-5-9-6-4-8-11(12(9)10)14(15)17;1-3-9(2)10-7-5-4-6-8-10/h3-8H,2H2,1H3;4-9H,3H2,1-2H3. The van der Waals surface area contributed by atoms with E-state index in [1.165, 1.54) is 16.9 Å². The summed E-state index contributed by atoms with van der Waals surface area (Å²) in [6, 6.07) is 21.7. The van der Waals surface area contributed by atoms with E-state index >= 15 is 0 Å². The molecule has 0 bridgehead atoms. The second-order valence-electron chi connectivity index (χ2n) is 6.78. The van der Waals surface area contributed by atoms with Gasteiger partial charge in [-0.3, -0.25) is 14.5 Å². The molecule has 1 unspecified atom stereocenters. The summed E-state index contributed by atoms with van der Waals surface area (Å²) in [5.74, 6) is 0.324. The van der Waals surface area contributed by atoms with Crippen LogP contribution >= 0.6 is 0 Å². The van der Waals surface area contributed by atoms with Crippen molar-refractivity contribution >= 4 is 22.6 Å². The molecule has 138 valence electrons. The van der Waals surface area contributed by atoms with Gasteiger partial charge in [0.2, 0.25) is 0 Å². The maximum absolute atomic E-state index is 12.1. The lowest BCUT2D eigenvalue weighted by atomic mass is 9.94. The number of nitrogens with zero attached hydrogens (tertiary/aromatic N) is 1. The Morgan fingerprint density at radius 2 is 1.33 bits per heavy atom. The normalized spacial score (nSPS) is 14.0. The number of rotatable bonds is 3. The summed E-state index contributed by atoms with van der Waals surface area (Å²) in [5, 5.41) is 1.73. The molecule has 27 heavy (non-hydrogen) atoms. The van der Waals surface area contributed by atoms with Crippen LogP contribution in [0, 0.1) is 0 Å². The second kappa shape index (κ2) is 8.17. The molecule has 0 fully saturated rings. The summed E-state index contributed by atoms with van der Waals surface area (Å²) in [7, 11) is 0. The van der Waals surface area contributed by atoms with Gasteiger partial charge < -0.3 is 0 Å². The van der Waals surface area contributed by atoms with Crippen LogP contribution in [0.4, 0.5) is 0 Å². The number of hydrogen-bond acceptors (Lipinski definition) is 2. The molecule has 3 nitrogen and oxygen atoms in total. The summed E-state index contributed by atoms with van der Waals surface area (Å²) < 4.78 is 0. The average molecular weight is 359 g/mol. The highest BCUT2D eigenvalue weighted by molar-refractivity contribution is 6.25. The third-order valence-corrected chi connectivity index (χ3v) is 5.15. The maximum atomic E-state index is 12.1. The van der Waals surface area contributed by atoms with Crippen LogP contribution in [0.15, 0.2) is 66.7 Å². The zero-order valence-corrected chi connectivity index (χ0v) is 16.1. The van der Waals surface area contributed by atoms with E-state index in [0.29, 0.717) is 23.6 Å². The number of carbonyl (C=O) groups excluding carboxylic acids is 2. The first-order valence-corrected chi connectivity index (χ1v) is 9.51. The fourth-order valence-electron chi connectivity index (χ4n) is 3.38. The van der Waals surface area contributed by atoms with Crippen molar-refractivity contribution in [2.45, 2.75) is 33.1 Å². The van der Waals surface area contributed by atoms with Crippen molar-refractivity contribution in [3.05, 3.63) is 83.4 Å². The van der Waals surface area contributed by atoms with Crippen LogP contribution in [-0.4, -0.2) is 23.3 Å². The molecule has 0 aliphatic carbocycles. The Balaban J connectivity index is 0.000000180. The molecule has 3 heteroatoms. The molecule has 2 amide bonds. The van der Waals surface area contributed by atoms with Crippen molar-refractivity contribution < 1.29 is 9.59 Å². The lowest BCUT2D eigenvalue weighted by Gasteiger charge is -2.25. The number of amides is 2. The summed E-state index contributed by atoms with van der Waals surface area (Å²) >= 11 is 0. The lowest BCUT2D eigenvalue weighted by molar-refractivity contribution is 0.0619. The monoisotopic (exact) mass is 359 g/mol. The van der Waals surface area contributed by atoms with E-state index in [1.807, 2.05) is 31.2 Å². The van der Waals surface area contributed by atoms with Gasteiger partial charge in [-0.2, -0.15) is 0 Å². The van der Waals surface area contributed by atoms with Gasteiger partial charge in [0.25, 0.3) is 11.8 Å². The van der Waals surface area contributed by atoms with Crippen molar-refractivity contribution in [2.75, 3.05) is 6.54 Å². The Hall–Kier alpha value is -2.94. The van der Waals surface area contributed by atoms with Crippen LogP contribution in [0.25, 0.3) is 10.8 Å². The Kier molecular flexibility index (Phi) is 5.70. The molecule has 0 spiro atoms.